The summed E-state index contributed by atoms with van der Waals surface area (Å²) in [5.74, 6) is -3.58. The quantitative estimate of drug-likeness (QED) is 0.250. The summed E-state index contributed by atoms with van der Waals surface area (Å²) in [6.07, 6.45) is 3.91. The van der Waals surface area contributed by atoms with Crippen molar-refractivity contribution in [1.29, 1.82) is 0 Å². The number of pyridine rings is 1. The molecule has 11 nitrogen and oxygen atoms in total. The molecule has 5 atom stereocenters. The molecule has 1 aliphatic heterocycles. The Morgan fingerprint density at radius 3 is 1.60 bits per heavy atom. The van der Waals surface area contributed by atoms with Crippen molar-refractivity contribution >= 4 is 29.5 Å². The van der Waals surface area contributed by atoms with Gasteiger partial charge in [-0.15, -0.1) is 0 Å². The summed E-state index contributed by atoms with van der Waals surface area (Å²) in [6, 6.07) is 17.1. The topological polar surface area (TPSA) is 150 Å². The Morgan fingerprint density at radius 1 is 0.596 bits per heavy atom. The molecule has 4 rings (SSSR count). The zero-order valence-corrected chi connectivity index (χ0v) is 31.3. The SMILES string of the molecule is CC(C)C[C@@H]1NC(=O)[C@H](C(C)C)N(C)C(=O)[C@@H](CC(C)C)NC(=O)[C@@H](Cc2ccncc2)NC(=O)[C@@H](C(c2ccccc2)c2ccccc2)NC1=O. The smallest absolute Gasteiger partial charge is 0.245 e. The number of hydrogen-bond donors (Lipinski definition) is 4. The van der Waals surface area contributed by atoms with Gasteiger partial charge in [-0.05, 0) is 59.4 Å². The molecule has 0 aliphatic carbocycles. The van der Waals surface area contributed by atoms with Gasteiger partial charge in [-0.25, -0.2) is 0 Å². The molecule has 0 radical (unpaired) electrons. The van der Waals surface area contributed by atoms with Gasteiger partial charge in [0, 0.05) is 31.8 Å². The standard InChI is InChI=1S/C41H54N6O5/c1-25(2)22-31-38(49)46-35(34(29-14-10-8-11-15-29)30-16-12-9-13-17-30)39(50)43-32(24-28-18-20-42-21-19-28)37(48)45-33(23-26(3)4)41(52)47(7)36(27(5)6)40(51)44-31/h8-21,25-27,31-36H,22-24H2,1-7H3,(H,43,50)(H,44,51)(H,45,48)(H,46,49)/t31-,32+,33+,35+,36-/m0/s1. The van der Waals surface area contributed by atoms with Crippen LogP contribution in [0.2, 0.25) is 0 Å². The van der Waals surface area contributed by atoms with Crippen LogP contribution < -0.4 is 21.3 Å². The highest BCUT2D eigenvalue weighted by Crippen LogP contribution is 2.29. The molecule has 0 unspecified atom stereocenters. The van der Waals surface area contributed by atoms with E-state index in [2.05, 4.69) is 26.3 Å². The third kappa shape index (κ3) is 10.5. The highest BCUT2D eigenvalue weighted by atomic mass is 16.2. The van der Waals surface area contributed by atoms with E-state index < -0.39 is 65.7 Å². The monoisotopic (exact) mass is 710 g/mol. The summed E-state index contributed by atoms with van der Waals surface area (Å²) in [6.45, 7) is 11.5. The molecule has 278 valence electrons. The number of likely N-dealkylation sites (N-methyl/N-ethyl adjacent to an activating group) is 1. The fraction of sp³-hybridized carbons (Fsp3) is 0.463. The molecule has 0 bridgehead atoms. The normalized spacial score (nSPS) is 22.5. The average Bonchev–Trinajstić information content (AvgIpc) is 3.10. The summed E-state index contributed by atoms with van der Waals surface area (Å²) in [5.41, 5.74) is 2.29. The lowest BCUT2D eigenvalue weighted by Gasteiger charge is -2.35. The summed E-state index contributed by atoms with van der Waals surface area (Å²) in [7, 11) is 1.55. The highest BCUT2D eigenvalue weighted by molar-refractivity contribution is 5.98. The van der Waals surface area contributed by atoms with Gasteiger partial charge in [0.1, 0.15) is 30.2 Å². The van der Waals surface area contributed by atoms with Gasteiger partial charge in [-0.1, -0.05) is 102 Å². The van der Waals surface area contributed by atoms with Crippen LogP contribution >= 0.6 is 0 Å². The first-order chi connectivity index (χ1) is 24.8. The Kier molecular flexibility index (Phi) is 14.1. The Bertz CT molecular complexity index is 1610. The maximum Gasteiger partial charge on any atom is 0.245 e. The second-order valence-electron chi connectivity index (χ2n) is 14.9. The number of rotatable bonds is 10. The van der Waals surface area contributed by atoms with Crippen LogP contribution in [0.5, 0.6) is 0 Å². The lowest BCUT2D eigenvalue weighted by Crippen LogP contribution is -2.59. The first-order valence-electron chi connectivity index (χ1n) is 18.2. The number of hydrogen-bond acceptors (Lipinski definition) is 6. The summed E-state index contributed by atoms with van der Waals surface area (Å²) < 4.78 is 0. The Labute approximate surface area is 307 Å². The summed E-state index contributed by atoms with van der Waals surface area (Å²) in [5, 5.41) is 11.9. The number of aromatic nitrogens is 1. The third-order valence-electron chi connectivity index (χ3n) is 9.38. The van der Waals surface area contributed by atoms with E-state index in [9.17, 15) is 24.0 Å². The largest absolute Gasteiger partial charge is 0.342 e. The van der Waals surface area contributed by atoms with E-state index in [-0.39, 0.29) is 30.6 Å². The second kappa shape index (κ2) is 18.4. The van der Waals surface area contributed by atoms with Crippen LogP contribution in [-0.2, 0) is 30.4 Å². The zero-order valence-electron chi connectivity index (χ0n) is 31.3. The van der Waals surface area contributed by atoms with Crippen molar-refractivity contribution in [2.75, 3.05) is 7.05 Å². The van der Waals surface area contributed by atoms with Crippen molar-refractivity contribution in [3.8, 4) is 0 Å². The molecule has 2 aromatic carbocycles. The van der Waals surface area contributed by atoms with E-state index in [1.807, 2.05) is 102 Å². The molecule has 3 aromatic rings. The van der Waals surface area contributed by atoms with Gasteiger partial charge >= 0.3 is 0 Å². The molecule has 52 heavy (non-hydrogen) atoms. The zero-order chi connectivity index (χ0) is 37.9. The number of nitrogens with one attached hydrogen (secondary N) is 4. The molecule has 11 heteroatoms. The molecule has 1 fully saturated rings. The fourth-order valence-electron chi connectivity index (χ4n) is 6.91. The van der Waals surface area contributed by atoms with Crippen molar-refractivity contribution in [2.45, 2.75) is 96.9 Å². The Hall–Kier alpha value is -5.06. The van der Waals surface area contributed by atoms with Gasteiger partial charge in [-0.3, -0.25) is 29.0 Å². The van der Waals surface area contributed by atoms with Gasteiger partial charge in [-0.2, -0.15) is 0 Å². The van der Waals surface area contributed by atoms with Gasteiger partial charge in [0.25, 0.3) is 0 Å². The average molecular weight is 711 g/mol. The molecule has 0 saturated carbocycles. The minimum atomic E-state index is -1.20. The molecular weight excluding hydrogens is 656 g/mol. The van der Waals surface area contributed by atoms with Crippen molar-refractivity contribution in [3.05, 3.63) is 102 Å². The van der Waals surface area contributed by atoms with Crippen molar-refractivity contribution in [3.63, 3.8) is 0 Å². The Morgan fingerprint density at radius 2 is 1.08 bits per heavy atom. The van der Waals surface area contributed by atoms with Crippen molar-refractivity contribution < 1.29 is 24.0 Å². The van der Waals surface area contributed by atoms with Crippen LogP contribution in [-0.4, -0.2) is 76.7 Å². The van der Waals surface area contributed by atoms with Crippen LogP contribution in [0.25, 0.3) is 0 Å². The molecule has 0 spiro atoms. The minimum Gasteiger partial charge on any atom is -0.342 e. The van der Waals surface area contributed by atoms with Gasteiger partial charge in [0.05, 0.1) is 0 Å². The number of carbonyl (C=O) groups excluding carboxylic acids is 5. The first-order valence-corrected chi connectivity index (χ1v) is 18.2. The van der Waals surface area contributed by atoms with E-state index in [4.69, 9.17) is 0 Å². The summed E-state index contributed by atoms with van der Waals surface area (Å²) >= 11 is 0. The first kappa shape index (κ1) is 39.7. The second-order valence-corrected chi connectivity index (χ2v) is 14.9. The lowest BCUT2D eigenvalue weighted by molar-refractivity contribution is -0.144. The molecule has 1 saturated heterocycles. The van der Waals surface area contributed by atoms with Crippen molar-refractivity contribution in [1.82, 2.24) is 31.2 Å². The number of benzene rings is 2. The highest BCUT2D eigenvalue weighted by Gasteiger charge is 2.40. The van der Waals surface area contributed by atoms with E-state index >= 15 is 0 Å². The number of nitrogens with zero attached hydrogens (tertiary/aromatic N) is 2. The molecule has 1 aliphatic rings. The van der Waals surface area contributed by atoms with Crippen LogP contribution in [0.4, 0.5) is 0 Å². The summed E-state index contributed by atoms with van der Waals surface area (Å²) in [4.78, 5) is 77.2. The number of amides is 5. The fourth-order valence-corrected chi connectivity index (χ4v) is 6.91. The molecule has 4 N–H and O–H groups in total. The third-order valence-corrected chi connectivity index (χ3v) is 9.38. The lowest BCUT2D eigenvalue weighted by atomic mass is 9.84. The van der Waals surface area contributed by atoms with Crippen LogP contribution in [0.3, 0.4) is 0 Å². The molecule has 2 heterocycles. The van der Waals surface area contributed by atoms with Crippen LogP contribution in [0.1, 0.15) is 77.0 Å². The predicted molar refractivity (Wildman–Crippen MR) is 201 cm³/mol. The van der Waals surface area contributed by atoms with E-state index in [1.165, 1.54) is 4.90 Å². The van der Waals surface area contributed by atoms with Crippen molar-refractivity contribution in [2.24, 2.45) is 17.8 Å². The minimum absolute atomic E-state index is 0.00306. The molecular formula is C41H54N6O5. The maximum atomic E-state index is 14.8. The van der Waals surface area contributed by atoms with Gasteiger partial charge < -0.3 is 26.2 Å². The predicted octanol–water partition coefficient (Wildman–Crippen LogP) is 3.98. The van der Waals surface area contributed by atoms with Gasteiger partial charge in [0.2, 0.25) is 29.5 Å². The molecule has 5 amide bonds. The molecule has 1 aromatic heterocycles. The maximum absolute atomic E-state index is 14.8. The van der Waals surface area contributed by atoms with E-state index in [0.29, 0.717) is 6.42 Å². The van der Waals surface area contributed by atoms with E-state index in [0.717, 1.165) is 16.7 Å². The Balaban J connectivity index is 1.91. The number of carbonyl (C=O) groups is 5. The van der Waals surface area contributed by atoms with E-state index in [1.54, 1.807) is 31.6 Å². The van der Waals surface area contributed by atoms with Crippen LogP contribution in [0, 0.1) is 17.8 Å². The van der Waals surface area contributed by atoms with Gasteiger partial charge in [0.15, 0.2) is 0 Å². The van der Waals surface area contributed by atoms with Crippen LogP contribution in [0.15, 0.2) is 85.2 Å².